The number of hydrogen-bond donors (Lipinski definition) is 2. The van der Waals surface area contributed by atoms with Gasteiger partial charge in [-0.05, 0) is 39.7 Å². The molecule has 0 aliphatic carbocycles. The first-order valence-electron chi connectivity index (χ1n) is 5.15. The highest BCUT2D eigenvalue weighted by Crippen LogP contribution is 2.25. The first-order valence-corrected chi connectivity index (χ1v) is 5.94. The van der Waals surface area contributed by atoms with Crippen molar-refractivity contribution in [2.45, 2.75) is 12.5 Å². The van der Waals surface area contributed by atoms with Crippen LogP contribution < -0.4 is 5.73 Å². The van der Waals surface area contributed by atoms with Crippen LogP contribution in [0, 0.1) is 0 Å². The molecule has 0 aromatic carbocycles. The molecule has 0 radical (unpaired) electrons. The molecule has 2 heterocycles. The molecule has 1 atom stereocenters. The summed E-state index contributed by atoms with van der Waals surface area (Å²) in [6, 6.07) is 5.37. The fraction of sp³-hybridized carbons (Fsp3) is 0.167. The van der Waals surface area contributed by atoms with Crippen molar-refractivity contribution in [1.29, 1.82) is 0 Å². The third kappa shape index (κ3) is 2.81. The quantitative estimate of drug-likeness (QED) is 0.909. The monoisotopic (exact) mass is 293 g/mol. The van der Waals surface area contributed by atoms with Crippen molar-refractivity contribution in [1.82, 2.24) is 9.97 Å². The molecule has 1 unspecified atom stereocenters. The van der Waals surface area contributed by atoms with Gasteiger partial charge in [-0.2, -0.15) is 0 Å². The molecule has 88 valence electrons. The van der Waals surface area contributed by atoms with Crippen LogP contribution in [-0.4, -0.2) is 15.1 Å². The molecule has 2 rings (SSSR count). The first-order chi connectivity index (χ1) is 8.18. The minimum atomic E-state index is -0.697. The number of aliphatic hydroxyl groups excluding tert-OH is 1. The number of anilines is 1. The third-order valence-corrected chi connectivity index (χ3v) is 3.13. The summed E-state index contributed by atoms with van der Waals surface area (Å²) in [7, 11) is 0. The van der Waals surface area contributed by atoms with E-state index in [9.17, 15) is 5.11 Å². The van der Waals surface area contributed by atoms with E-state index < -0.39 is 6.10 Å². The van der Waals surface area contributed by atoms with Gasteiger partial charge < -0.3 is 10.8 Å². The van der Waals surface area contributed by atoms with Crippen molar-refractivity contribution in [3.05, 3.63) is 52.5 Å². The molecular formula is C12H12BrN3O. The molecule has 3 N–H and O–H groups in total. The second kappa shape index (κ2) is 5.25. The maximum Gasteiger partial charge on any atom is 0.101 e. The molecule has 2 aromatic rings. The Balaban J connectivity index is 2.20. The van der Waals surface area contributed by atoms with E-state index in [4.69, 9.17) is 5.73 Å². The van der Waals surface area contributed by atoms with E-state index in [-0.39, 0.29) is 0 Å². The molecule has 0 fully saturated rings. The molecule has 0 bridgehead atoms. The molecule has 4 nitrogen and oxygen atoms in total. The molecule has 0 saturated heterocycles. The summed E-state index contributed by atoms with van der Waals surface area (Å²) in [5.41, 5.74) is 7.86. The van der Waals surface area contributed by atoms with Crippen molar-refractivity contribution >= 4 is 21.6 Å². The Morgan fingerprint density at radius 1 is 1.35 bits per heavy atom. The van der Waals surface area contributed by atoms with Crippen LogP contribution in [0.15, 0.2) is 41.3 Å². The lowest BCUT2D eigenvalue weighted by molar-refractivity contribution is 0.173. The highest BCUT2D eigenvalue weighted by molar-refractivity contribution is 9.10. The van der Waals surface area contributed by atoms with E-state index >= 15 is 0 Å². The van der Waals surface area contributed by atoms with Crippen LogP contribution in [-0.2, 0) is 6.42 Å². The largest absolute Gasteiger partial charge is 0.398 e. The topological polar surface area (TPSA) is 72.0 Å². The number of nitrogen functional groups attached to an aromatic ring is 1. The number of aromatic nitrogens is 2. The predicted molar refractivity (Wildman–Crippen MR) is 69.3 cm³/mol. The summed E-state index contributed by atoms with van der Waals surface area (Å²) >= 11 is 3.36. The number of nitrogens with zero attached hydrogens (tertiary/aromatic N) is 2. The summed E-state index contributed by atoms with van der Waals surface area (Å²) in [5.74, 6) is 0. The highest BCUT2D eigenvalue weighted by atomic mass is 79.9. The molecule has 0 aliphatic rings. The first kappa shape index (κ1) is 12.0. The van der Waals surface area contributed by atoms with Crippen molar-refractivity contribution in [2.75, 3.05) is 5.73 Å². The maximum absolute atomic E-state index is 10.1. The Bertz CT molecular complexity index is 519. The van der Waals surface area contributed by atoms with Crippen LogP contribution in [0.5, 0.6) is 0 Å². The number of rotatable bonds is 3. The van der Waals surface area contributed by atoms with E-state index in [1.54, 1.807) is 30.7 Å². The Labute approximate surface area is 108 Å². The second-order valence-corrected chi connectivity index (χ2v) is 4.52. The molecular weight excluding hydrogens is 282 g/mol. The number of pyridine rings is 2. The summed E-state index contributed by atoms with van der Waals surface area (Å²) < 4.78 is 0.787. The zero-order chi connectivity index (χ0) is 12.3. The van der Waals surface area contributed by atoms with Gasteiger partial charge in [-0.3, -0.25) is 9.97 Å². The Hall–Kier alpha value is -1.46. The van der Waals surface area contributed by atoms with Gasteiger partial charge in [-0.1, -0.05) is 0 Å². The van der Waals surface area contributed by atoms with Gasteiger partial charge in [-0.25, -0.2) is 0 Å². The van der Waals surface area contributed by atoms with Gasteiger partial charge >= 0.3 is 0 Å². The Kier molecular flexibility index (Phi) is 3.71. The van der Waals surface area contributed by atoms with Gasteiger partial charge in [0.05, 0.1) is 5.69 Å². The van der Waals surface area contributed by atoms with Crippen molar-refractivity contribution in [2.24, 2.45) is 0 Å². The van der Waals surface area contributed by atoms with Crippen LogP contribution in [0.25, 0.3) is 0 Å². The zero-order valence-electron chi connectivity index (χ0n) is 9.05. The van der Waals surface area contributed by atoms with Crippen LogP contribution in [0.2, 0.25) is 0 Å². The van der Waals surface area contributed by atoms with Crippen LogP contribution >= 0.6 is 15.9 Å². The molecule has 17 heavy (non-hydrogen) atoms. The lowest BCUT2D eigenvalue weighted by Gasteiger charge is -2.12. The average molecular weight is 294 g/mol. The second-order valence-electron chi connectivity index (χ2n) is 3.66. The van der Waals surface area contributed by atoms with E-state index in [0.29, 0.717) is 17.8 Å². The number of hydrogen-bond acceptors (Lipinski definition) is 4. The van der Waals surface area contributed by atoms with Crippen molar-refractivity contribution < 1.29 is 5.11 Å². The third-order valence-electron chi connectivity index (χ3n) is 2.46. The molecule has 0 spiro atoms. The lowest BCUT2D eigenvalue weighted by Crippen LogP contribution is -2.07. The van der Waals surface area contributed by atoms with Crippen molar-refractivity contribution in [3.63, 3.8) is 0 Å². The summed E-state index contributed by atoms with van der Waals surface area (Å²) in [6.45, 7) is 0. The Morgan fingerprint density at radius 2 is 2.18 bits per heavy atom. The number of nitrogens with two attached hydrogens (primary N) is 1. The van der Waals surface area contributed by atoms with Crippen LogP contribution in [0.1, 0.15) is 17.4 Å². The highest BCUT2D eigenvalue weighted by Gasteiger charge is 2.14. The smallest absolute Gasteiger partial charge is 0.101 e. The van der Waals surface area contributed by atoms with Crippen LogP contribution in [0.4, 0.5) is 5.69 Å². The Morgan fingerprint density at radius 3 is 2.88 bits per heavy atom. The fourth-order valence-electron chi connectivity index (χ4n) is 1.56. The van der Waals surface area contributed by atoms with Gasteiger partial charge in [0.15, 0.2) is 0 Å². The van der Waals surface area contributed by atoms with Gasteiger partial charge in [0.2, 0.25) is 0 Å². The van der Waals surface area contributed by atoms with E-state index in [2.05, 4.69) is 25.9 Å². The summed E-state index contributed by atoms with van der Waals surface area (Å²) in [5, 5.41) is 10.1. The van der Waals surface area contributed by atoms with E-state index in [1.165, 1.54) is 0 Å². The molecule has 0 saturated carbocycles. The van der Waals surface area contributed by atoms with Gasteiger partial charge in [0, 0.05) is 35.2 Å². The number of halogens is 1. The fourth-order valence-corrected chi connectivity index (χ4v) is 2.08. The standard InChI is InChI=1S/C12H12BrN3O/c13-9-2-1-4-16-12(9)11(17)6-8-7-15-5-3-10(8)14/h1-5,7,11,17H,6H2,(H2,14,15). The lowest BCUT2D eigenvalue weighted by atomic mass is 10.1. The van der Waals surface area contributed by atoms with Gasteiger partial charge in [-0.15, -0.1) is 0 Å². The van der Waals surface area contributed by atoms with E-state index in [1.807, 2.05) is 6.07 Å². The van der Waals surface area contributed by atoms with E-state index in [0.717, 1.165) is 10.0 Å². The molecule has 2 aromatic heterocycles. The normalized spacial score (nSPS) is 12.4. The minimum absolute atomic E-state index is 0.398. The molecule has 0 amide bonds. The number of aliphatic hydroxyl groups is 1. The van der Waals surface area contributed by atoms with Gasteiger partial charge in [0.1, 0.15) is 6.10 Å². The summed E-state index contributed by atoms with van der Waals surface area (Å²) in [4.78, 5) is 8.14. The average Bonchev–Trinajstić information content (AvgIpc) is 2.32. The molecule has 0 aliphatic heterocycles. The van der Waals surface area contributed by atoms with Crippen molar-refractivity contribution in [3.8, 4) is 0 Å². The van der Waals surface area contributed by atoms with Gasteiger partial charge in [0.25, 0.3) is 0 Å². The minimum Gasteiger partial charge on any atom is -0.398 e. The SMILES string of the molecule is Nc1ccncc1CC(O)c1ncccc1Br. The summed E-state index contributed by atoms with van der Waals surface area (Å²) in [6.07, 6.45) is 4.64. The molecule has 5 heteroatoms. The maximum atomic E-state index is 10.1. The zero-order valence-corrected chi connectivity index (χ0v) is 10.6. The predicted octanol–water partition coefficient (Wildman–Crippen LogP) is 2.10. The van der Waals surface area contributed by atoms with Crippen LogP contribution in [0.3, 0.4) is 0 Å².